The summed E-state index contributed by atoms with van der Waals surface area (Å²) in [7, 11) is 0. The first kappa shape index (κ1) is 21.8. The molecule has 4 aromatic heterocycles. The van der Waals surface area contributed by atoms with Crippen LogP contribution in [0.15, 0.2) is 116 Å². The lowest BCUT2D eigenvalue weighted by molar-refractivity contribution is 0.662. The van der Waals surface area contributed by atoms with Gasteiger partial charge in [-0.05, 0) is 65.2 Å². The van der Waals surface area contributed by atoms with Gasteiger partial charge in [0.05, 0.1) is 0 Å². The highest BCUT2D eigenvalue weighted by molar-refractivity contribution is 6.29. The molecule has 9 aromatic rings. The van der Waals surface area contributed by atoms with Crippen LogP contribution < -0.4 is 0 Å². The van der Waals surface area contributed by atoms with E-state index in [4.69, 9.17) is 24.9 Å². The van der Waals surface area contributed by atoms with Gasteiger partial charge in [-0.25, -0.2) is 9.97 Å². The fourth-order valence-electron chi connectivity index (χ4n) is 5.82. The molecule has 6 heteroatoms. The molecule has 4 heterocycles. The van der Waals surface area contributed by atoms with Crippen molar-refractivity contribution >= 4 is 77.5 Å². The fraction of sp³-hybridized carbons (Fsp3) is 0. The van der Waals surface area contributed by atoms with Crippen molar-refractivity contribution < 1.29 is 13.3 Å². The molecule has 0 N–H and O–H groups in total. The van der Waals surface area contributed by atoms with Crippen molar-refractivity contribution in [2.24, 2.45) is 0 Å². The maximum Gasteiger partial charge on any atom is 0.223 e. The van der Waals surface area contributed by atoms with Crippen molar-refractivity contribution in [2.45, 2.75) is 0 Å². The Morgan fingerprint density at radius 1 is 0.475 bits per heavy atom. The van der Waals surface area contributed by atoms with Crippen LogP contribution in [0.5, 0.6) is 0 Å². The number of hydrogen-bond donors (Lipinski definition) is 0. The Hall–Kier alpha value is -5.13. The van der Waals surface area contributed by atoms with E-state index in [1.807, 2.05) is 60.7 Å². The van der Waals surface area contributed by atoms with Crippen molar-refractivity contribution in [1.29, 1.82) is 0 Å². The highest BCUT2D eigenvalue weighted by Crippen LogP contribution is 2.41. The lowest BCUT2D eigenvalue weighted by Gasteiger charge is -2.04. The molecule has 0 aliphatic carbocycles. The number of rotatable bonds is 2. The van der Waals surface area contributed by atoms with Crippen LogP contribution in [0.1, 0.15) is 0 Å². The number of hydrogen-bond acceptors (Lipinski definition) is 5. The molecule has 0 bridgehead atoms. The lowest BCUT2D eigenvalue weighted by Crippen LogP contribution is -1.89. The van der Waals surface area contributed by atoms with Crippen LogP contribution in [-0.4, -0.2) is 9.97 Å². The predicted molar refractivity (Wildman–Crippen MR) is 160 cm³/mol. The Kier molecular flexibility index (Phi) is 4.32. The molecule has 0 unspecified atom stereocenters. The third-order valence-electron chi connectivity index (χ3n) is 7.65. The summed E-state index contributed by atoms with van der Waals surface area (Å²) in [6.45, 7) is 0. The highest BCUT2D eigenvalue weighted by Gasteiger charge is 2.21. The second-order valence-corrected chi connectivity index (χ2v) is 10.3. The normalized spacial score (nSPS) is 12.1. The van der Waals surface area contributed by atoms with Gasteiger partial charge in [0.1, 0.15) is 39.1 Å². The van der Waals surface area contributed by atoms with Gasteiger partial charge in [0, 0.05) is 32.5 Å². The van der Waals surface area contributed by atoms with Crippen LogP contribution in [0.25, 0.3) is 88.3 Å². The molecule has 0 aliphatic heterocycles. The van der Waals surface area contributed by atoms with Crippen LogP contribution in [-0.2, 0) is 0 Å². The van der Waals surface area contributed by atoms with E-state index in [2.05, 4.69) is 52.4 Å². The quantitative estimate of drug-likeness (QED) is 0.206. The molecule has 0 atom stereocenters. The largest absolute Gasteiger partial charge is 0.456 e. The van der Waals surface area contributed by atoms with E-state index in [9.17, 15) is 0 Å². The highest BCUT2D eigenvalue weighted by atomic mass is 35.5. The zero-order valence-electron chi connectivity index (χ0n) is 20.8. The van der Waals surface area contributed by atoms with Gasteiger partial charge in [0.2, 0.25) is 5.28 Å². The Balaban J connectivity index is 1.27. The minimum absolute atomic E-state index is 0.148. The Morgan fingerprint density at radius 2 is 1.07 bits per heavy atom. The van der Waals surface area contributed by atoms with Crippen LogP contribution >= 0.6 is 11.6 Å². The van der Waals surface area contributed by atoms with Crippen LogP contribution in [0, 0.1) is 0 Å². The molecule has 0 amide bonds. The molecule has 9 rings (SSSR count). The van der Waals surface area contributed by atoms with Gasteiger partial charge in [0.15, 0.2) is 5.58 Å². The Morgan fingerprint density at radius 3 is 1.88 bits per heavy atom. The molecular weight excluding hydrogens is 520 g/mol. The molecule has 0 saturated heterocycles. The minimum atomic E-state index is 0.148. The monoisotopic (exact) mass is 536 g/mol. The lowest BCUT2D eigenvalue weighted by atomic mass is 10.0. The third kappa shape index (κ3) is 3.04. The van der Waals surface area contributed by atoms with Gasteiger partial charge in [-0.1, -0.05) is 60.7 Å². The first-order valence-corrected chi connectivity index (χ1v) is 13.3. The van der Waals surface area contributed by atoms with Gasteiger partial charge in [0.25, 0.3) is 0 Å². The van der Waals surface area contributed by atoms with E-state index in [0.717, 1.165) is 66.0 Å². The zero-order chi connectivity index (χ0) is 26.4. The topological polar surface area (TPSA) is 65.2 Å². The van der Waals surface area contributed by atoms with Gasteiger partial charge >= 0.3 is 0 Å². The molecule has 5 nitrogen and oxygen atoms in total. The van der Waals surface area contributed by atoms with Crippen LogP contribution in [0.2, 0.25) is 5.28 Å². The van der Waals surface area contributed by atoms with E-state index in [-0.39, 0.29) is 5.28 Å². The summed E-state index contributed by atoms with van der Waals surface area (Å²) in [6, 6.07) is 34.5. The van der Waals surface area contributed by atoms with Gasteiger partial charge in [-0.3, -0.25) is 0 Å². The summed E-state index contributed by atoms with van der Waals surface area (Å²) in [4.78, 5) is 9.22. The van der Waals surface area contributed by atoms with Crippen LogP contribution in [0.3, 0.4) is 0 Å². The first-order chi connectivity index (χ1) is 19.7. The first-order valence-electron chi connectivity index (χ1n) is 12.9. The molecule has 0 aliphatic rings. The minimum Gasteiger partial charge on any atom is -0.456 e. The number of halogens is 1. The zero-order valence-corrected chi connectivity index (χ0v) is 21.6. The molecule has 40 heavy (non-hydrogen) atoms. The summed E-state index contributed by atoms with van der Waals surface area (Å²) < 4.78 is 18.7. The van der Waals surface area contributed by atoms with E-state index >= 15 is 0 Å². The van der Waals surface area contributed by atoms with E-state index in [1.54, 1.807) is 0 Å². The Bertz CT molecular complexity index is 2470. The SMILES string of the molecule is Clc1nc(-c2cccc3c2oc2ccccc23)c2oc3ccc(-c4ccc5oc6ccccc6c5c4)cc3c2n1. The van der Waals surface area contributed by atoms with Crippen molar-refractivity contribution in [3.8, 4) is 22.4 Å². The molecule has 5 aromatic carbocycles. The van der Waals surface area contributed by atoms with Crippen LogP contribution in [0.4, 0.5) is 0 Å². The summed E-state index contributed by atoms with van der Waals surface area (Å²) in [5.74, 6) is 0. The maximum absolute atomic E-state index is 6.52. The summed E-state index contributed by atoms with van der Waals surface area (Å²) in [6.07, 6.45) is 0. The second-order valence-electron chi connectivity index (χ2n) is 9.92. The Labute approximate surface area is 231 Å². The summed E-state index contributed by atoms with van der Waals surface area (Å²) in [5, 5.41) is 5.25. The van der Waals surface area contributed by atoms with E-state index in [0.29, 0.717) is 22.4 Å². The number of aromatic nitrogens is 2. The van der Waals surface area contributed by atoms with Crippen molar-refractivity contribution in [1.82, 2.24) is 9.97 Å². The summed E-state index contributed by atoms with van der Waals surface area (Å²) >= 11 is 6.52. The number of benzene rings is 5. The molecule has 0 fully saturated rings. The molecule has 0 saturated carbocycles. The average Bonchev–Trinajstić information content (AvgIpc) is 3.67. The second kappa shape index (κ2) is 7.94. The number of fused-ring (bicyclic) bond motifs is 9. The predicted octanol–water partition coefficient (Wildman–Crippen LogP) is 10.2. The number of para-hydroxylation sites is 3. The van der Waals surface area contributed by atoms with Gasteiger partial charge in [-0.15, -0.1) is 0 Å². The fourth-order valence-corrected chi connectivity index (χ4v) is 5.99. The van der Waals surface area contributed by atoms with Gasteiger partial charge in [-0.2, -0.15) is 0 Å². The van der Waals surface area contributed by atoms with Crippen molar-refractivity contribution in [3.05, 3.63) is 108 Å². The van der Waals surface area contributed by atoms with Gasteiger partial charge < -0.3 is 13.3 Å². The number of furan rings is 3. The van der Waals surface area contributed by atoms with E-state index < -0.39 is 0 Å². The molecular formula is C34H17ClN2O3. The van der Waals surface area contributed by atoms with Crippen molar-refractivity contribution in [2.75, 3.05) is 0 Å². The smallest absolute Gasteiger partial charge is 0.223 e. The summed E-state index contributed by atoms with van der Waals surface area (Å²) in [5.41, 5.74) is 8.76. The molecule has 0 radical (unpaired) electrons. The van der Waals surface area contributed by atoms with Crippen molar-refractivity contribution in [3.63, 3.8) is 0 Å². The third-order valence-corrected chi connectivity index (χ3v) is 7.82. The average molecular weight is 537 g/mol. The maximum atomic E-state index is 6.52. The standard InChI is InChI=1S/C34H17ClN2O3/c35-34-36-30(23-9-5-8-22-20-6-1-4-11-27(20)39-32(22)23)33-31(37-34)25-17-19(13-15-29(25)40-33)18-12-14-28-24(16-18)21-7-2-3-10-26(21)38-28/h1-17H. The molecule has 0 spiro atoms. The molecule has 188 valence electrons. The van der Waals surface area contributed by atoms with E-state index in [1.165, 1.54) is 0 Å². The number of nitrogens with zero attached hydrogens (tertiary/aromatic N) is 2.